The Hall–Kier alpha value is -3.14. The van der Waals surface area contributed by atoms with Crippen molar-refractivity contribution < 1.29 is 19.8 Å². The smallest absolute Gasteiger partial charge is 0.336 e. The fourth-order valence-electron chi connectivity index (χ4n) is 4.06. The van der Waals surface area contributed by atoms with Crippen molar-refractivity contribution in [1.82, 2.24) is 0 Å². The lowest BCUT2D eigenvalue weighted by Gasteiger charge is -2.19. The van der Waals surface area contributed by atoms with Crippen molar-refractivity contribution in [2.45, 2.75) is 19.3 Å². The highest BCUT2D eigenvalue weighted by Crippen LogP contribution is 2.44. The molecule has 0 spiro atoms. The number of benzene rings is 3. The summed E-state index contributed by atoms with van der Waals surface area (Å²) in [6.07, 6.45) is 0.612. The first-order valence-corrected chi connectivity index (χ1v) is 8.09. The van der Waals surface area contributed by atoms with Crippen molar-refractivity contribution in [3.8, 4) is 0 Å². The molecule has 4 rings (SSSR count). The standard InChI is InChI=1S/C21H16O4/c1-11-8-9-15(20(22)23)19(17(11)21(24)25)16-10-13-6-2-4-12-5-3-7-14(16)18(12)13/h2-9,16H,10H2,1H3,(H,22,23)(H,24,25). The van der Waals surface area contributed by atoms with Gasteiger partial charge in [-0.2, -0.15) is 0 Å². The van der Waals surface area contributed by atoms with E-state index in [0.29, 0.717) is 17.5 Å². The normalized spacial score (nSPS) is 15.5. The summed E-state index contributed by atoms with van der Waals surface area (Å²) in [6, 6.07) is 15.1. The molecule has 0 saturated carbocycles. The monoisotopic (exact) mass is 332 g/mol. The van der Waals surface area contributed by atoms with Crippen LogP contribution in [0.1, 0.15) is 48.9 Å². The molecule has 124 valence electrons. The molecule has 1 aliphatic carbocycles. The highest BCUT2D eigenvalue weighted by molar-refractivity contribution is 6.00. The van der Waals surface area contributed by atoms with Crippen LogP contribution in [0.4, 0.5) is 0 Å². The number of aromatic carboxylic acids is 2. The van der Waals surface area contributed by atoms with Gasteiger partial charge in [0.2, 0.25) is 0 Å². The van der Waals surface area contributed by atoms with Crippen molar-refractivity contribution in [1.29, 1.82) is 0 Å². The Morgan fingerprint density at radius 1 is 0.960 bits per heavy atom. The van der Waals surface area contributed by atoms with Gasteiger partial charge in [-0.25, -0.2) is 9.59 Å². The third-order valence-electron chi connectivity index (χ3n) is 5.07. The van der Waals surface area contributed by atoms with Crippen LogP contribution in [0.2, 0.25) is 0 Å². The SMILES string of the molecule is Cc1ccc(C(=O)O)c(C2Cc3cccc4cccc2c34)c1C(=O)O. The third kappa shape index (κ3) is 2.22. The molecule has 1 unspecified atom stereocenters. The fraction of sp³-hybridized carbons (Fsp3) is 0.143. The summed E-state index contributed by atoms with van der Waals surface area (Å²) >= 11 is 0. The first kappa shape index (κ1) is 15.4. The van der Waals surface area contributed by atoms with Gasteiger partial charge in [-0.05, 0) is 52.4 Å². The molecule has 2 N–H and O–H groups in total. The van der Waals surface area contributed by atoms with Gasteiger partial charge >= 0.3 is 11.9 Å². The number of rotatable bonds is 3. The van der Waals surface area contributed by atoms with Gasteiger partial charge in [0.05, 0.1) is 11.1 Å². The molecule has 0 aromatic heterocycles. The summed E-state index contributed by atoms with van der Waals surface area (Å²) in [5.74, 6) is -2.45. The molecule has 3 aromatic carbocycles. The topological polar surface area (TPSA) is 74.6 Å². The molecule has 0 heterocycles. The lowest BCUT2D eigenvalue weighted by molar-refractivity contribution is 0.0694. The minimum atomic E-state index is -1.10. The predicted octanol–water partition coefficient (Wildman–Crippen LogP) is 4.23. The maximum atomic E-state index is 11.9. The van der Waals surface area contributed by atoms with Gasteiger partial charge in [-0.3, -0.25) is 0 Å². The van der Waals surface area contributed by atoms with Crippen molar-refractivity contribution in [2.75, 3.05) is 0 Å². The number of hydrogen-bond donors (Lipinski definition) is 2. The summed E-state index contributed by atoms with van der Waals surface area (Å²) in [7, 11) is 0. The number of carboxylic acid groups (broad SMARTS) is 2. The lowest BCUT2D eigenvalue weighted by Crippen LogP contribution is -2.16. The van der Waals surface area contributed by atoms with E-state index in [1.807, 2.05) is 36.4 Å². The maximum Gasteiger partial charge on any atom is 0.336 e. The van der Waals surface area contributed by atoms with Gasteiger partial charge < -0.3 is 10.2 Å². The first-order valence-electron chi connectivity index (χ1n) is 8.09. The Morgan fingerprint density at radius 3 is 2.36 bits per heavy atom. The minimum Gasteiger partial charge on any atom is -0.478 e. The van der Waals surface area contributed by atoms with Gasteiger partial charge in [0.25, 0.3) is 0 Å². The van der Waals surface area contributed by atoms with Crippen LogP contribution in [-0.2, 0) is 6.42 Å². The molecular weight excluding hydrogens is 316 g/mol. The predicted molar refractivity (Wildman–Crippen MR) is 94.6 cm³/mol. The molecule has 0 fully saturated rings. The molecule has 0 saturated heterocycles. The van der Waals surface area contributed by atoms with Gasteiger partial charge in [0, 0.05) is 5.92 Å². The largest absolute Gasteiger partial charge is 0.478 e. The van der Waals surface area contributed by atoms with Crippen molar-refractivity contribution in [2.24, 2.45) is 0 Å². The molecule has 0 amide bonds. The molecule has 0 radical (unpaired) electrons. The summed E-state index contributed by atoms with van der Waals surface area (Å²) in [5.41, 5.74) is 3.29. The Balaban J connectivity index is 2.04. The Labute approximate surface area is 144 Å². The maximum absolute atomic E-state index is 11.9. The van der Waals surface area contributed by atoms with E-state index < -0.39 is 11.9 Å². The van der Waals surface area contributed by atoms with Crippen LogP contribution in [0.3, 0.4) is 0 Å². The molecule has 0 bridgehead atoms. The average Bonchev–Trinajstić information content (AvgIpc) is 2.95. The van der Waals surface area contributed by atoms with E-state index in [0.717, 1.165) is 21.9 Å². The van der Waals surface area contributed by atoms with Crippen LogP contribution in [0.15, 0.2) is 48.5 Å². The third-order valence-corrected chi connectivity index (χ3v) is 5.07. The molecule has 1 atom stereocenters. The molecule has 3 aromatic rings. The molecule has 0 aliphatic heterocycles. The minimum absolute atomic E-state index is 0.0674. The summed E-state index contributed by atoms with van der Waals surface area (Å²) < 4.78 is 0. The van der Waals surface area contributed by atoms with Gasteiger partial charge in [-0.15, -0.1) is 0 Å². The van der Waals surface area contributed by atoms with Gasteiger partial charge in [-0.1, -0.05) is 42.5 Å². The van der Waals surface area contributed by atoms with E-state index in [-0.39, 0.29) is 17.0 Å². The zero-order valence-electron chi connectivity index (χ0n) is 13.6. The van der Waals surface area contributed by atoms with E-state index in [2.05, 4.69) is 0 Å². The zero-order valence-corrected chi connectivity index (χ0v) is 13.6. The second-order valence-electron chi connectivity index (χ2n) is 6.45. The number of carbonyl (C=O) groups is 2. The molecule has 4 nitrogen and oxygen atoms in total. The lowest BCUT2D eigenvalue weighted by atomic mass is 9.83. The van der Waals surface area contributed by atoms with E-state index in [1.165, 1.54) is 6.07 Å². The second kappa shape index (κ2) is 5.45. The van der Waals surface area contributed by atoms with Gasteiger partial charge in [0.15, 0.2) is 0 Å². The molecule has 1 aliphatic rings. The fourth-order valence-corrected chi connectivity index (χ4v) is 4.06. The Bertz CT molecular complexity index is 1040. The summed E-state index contributed by atoms with van der Waals surface area (Å²) in [5, 5.41) is 21.6. The summed E-state index contributed by atoms with van der Waals surface area (Å²) in [4.78, 5) is 23.7. The van der Waals surface area contributed by atoms with Crippen LogP contribution in [-0.4, -0.2) is 22.2 Å². The highest BCUT2D eigenvalue weighted by atomic mass is 16.4. The van der Waals surface area contributed by atoms with Crippen LogP contribution >= 0.6 is 0 Å². The van der Waals surface area contributed by atoms with Crippen molar-refractivity contribution in [3.63, 3.8) is 0 Å². The van der Waals surface area contributed by atoms with Crippen molar-refractivity contribution >= 4 is 22.7 Å². The molecular formula is C21H16O4. The van der Waals surface area contributed by atoms with Crippen LogP contribution in [0.5, 0.6) is 0 Å². The molecule has 4 heteroatoms. The second-order valence-corrected chi connectivity index (χ2v) is 6.45. The molecule has 25 heavy (non-hydrogen) atoms. The Morgan fingerprint density at radius 2 is 1.68 bits per heavy atom. The number of carboxylic acids is 2. The van der Waals surface area contributed by atoms with E-state index >= 15 is 0 Å². The average molecular weight is 332 g/mol. The highest BCUT2D eigenvalue weighted by Gasteiger charge is 2.33. The number of hydrogen-bond acceptors (Lipinski definition) is 2. The quantitative estimate of drug-likeness (QED) is 0.752. The number of aryl methyl sites for hydroxylation is 1. The first-order chi connectivity index (χ1) is 12.0. The zero-order chi connectivity index (χ0) is 17.7. The van der Waals surface area contributed by atoms with E-state index in [9.17, 15) is 19.8 Å². The Kier molecular flexibility index (Phi) is 3.35. The van der Waals surface area contributed by atoms with Crippen molar-refractivity contribution in [3.05, 3.63) is 81.9 Å². The van der Waals surface area contributed by atoms with Crippen LogP contribution < -0.4 is 0 Å². The van der Waals surface area contributed by atoms with E-state index in [1.54, 1.807) is 13.0 Å². The summed E-state index contributed by atoms with van der Waals surface area (Å²) in [6.45, 7) is 1.71. The van der Waals surface area contributed by atoms with E-state index in [4.69, 9.17) is 0 Å². The van der Waals surface area contributed by atoms with Gasteiger partial charge in [0.1, 0.15) is 0 Å². The van der Waals surface area contributed by atoms with Crippen LogP contribution in [0.25, 0.3) is 10.8 Å². The van der Waals surface area contributed by atoms with Crippen LogP contribution in [0, 0.1) is 6.92 Å².